The van der Waals surface area contributed by atoms with Crippen LogP contribution in [0.25, 0.3) is 0 Å². The van der Waals surface area contributed by atoms with Gasteiger partial charge in [0.05, 0.1) is 0 Å². The number of hydrogen-bond donors (Lipinski definition) is 1. The molecule has 0 aromatic carbocycles. The Labute approximate surface area is 70.4 Å². The highest BCUT2D eigenvalue weighted by Gasteiger charge is 2.38. The molecule has 1 aliphatic rings. The topological polar surface area (TPSA) is 26.0 Å². The summed E-state index contributed by atoms with van der Waals surface area (Å²) in [6.45, 7) is 6.76. The summed E-state index contributed by atoms with van der Waals surface area (Å²) in [5.41, 5.74) is 6.33. The molecule has 1 aliphatic carbocycles. The summed E-state index contributed by atoms with van der Waals surface area (Å²) >= 11 is 0. The molecule has 1 saturated carbocycles. The first-order valence-corrected chi connectivity index (χ1v) is 4.85. The minimum atomic E-state index is 0.134. The highest BCUT2D eigenvalue weighted by Crippen LogP contribution is 2.41. The Morgan fingerprint density at radius 2 is 2.09 bits per heavy atom. The minimum Gasteiger partial charge on any atom is -0.325 e. The van der Waals surface area contributed by atoms with Crippen molar-refractivity contribution in [3.63, 3.8) is 0 Å². The third-order valence-corrected chi connectivity index (χ3v) is 3.00. The highest BCUT2D eigenvalue weighted by molar-refractivity contribution is 4.95. The monoisotopic (exact) mass is 155 g/mol. The molecule has 1 rings (SSSR count). The van der Waals surface area contributed by atoms with Gasteiger partial charge in [-0.05, 0) is 38.0 Å². The number of rotatable bonds is 4. The van der Waals surface area contributed by atoms with E-state index in [9.17, 15) is 0 Å². The van der Waals surface area contributed by atoms with Gasteiger partial charge in [0.1, 0.15) is 0 Å². The Kier molecular flexibility index (Phi) is 2.58. The van der Waals surface area contributed by atoms with Gasteiger partial charge in [0.15, 0.2) is 0 Å². The fourth-order valence-corrected chi connectivity index (χ4v) is 1.80. The predicted molar refractivity (Wildman–Crippen MR) is 49.4 cm³/mol. The second kappa shape index (κ2) is 3.14. The quantitative estimate of drug-likeness (QED) is 0.663. The fraction of sp³-hybridized carbons (Fsp3) is 1.00. The van der Waals surface area contributed by atoms with Gasteiger partial charge >= 0.3 is 0 Å². The van der Waals surface area contributed by atoms with E-state index in [2.05, 4.69) is 20.8 Å². The summed E-state index contributed by atoms with van der Waals surface area (Å²) in [6, 6.07) is 0. The standard InChI is InChI=1S/C10H21N/c1-4-8(2)7-10(3,11)9-5-6-9/h8-9H,4-7,11H2,1-3H3. The molecular weight excluding hydrogens is 134 g/mol. The third-order valence-electron chi connectivity index (χ3n) is 3.00. The lowest BCUT2D eigenvalue weighted by Gasteiger charge is -2.27. The van der Waals surface area contributed by atoms with Crippen LogP contribution in [0.1, 0.15) is 46.5 Å². The van der Waals surface area contributed by atoms with Crippen molar-refractivity contribution in [2.75, 3.05) is 0 Å². The molecule has 0 aliphatic heterocycles. The molecule has 2 N–H and O–H groups in total. The number of nitrogens with two attached hydrogens (primary N) is 1. The summed E-state index contributed by atoms with van der Waals surface area (Å²) in [5.74, 6) is 1.63. The zero-order valence-electron chi connectivity index (χ0n) is 8.06. The molecule has 2 unspecified atom stereocenters. The minimum absolute atomic E-state index is 0.134. The molecule has 11 heavy (non-hydrogen) atoms. The lowest BCUT2D eigenvalue weighted by Crippen LogP contribution is -2.40. The average Bonchev–Trinajstić information content (AvgIpc) is 2.66. The van der Waals surface area contributed by atoms with Crippen LogP contribution in [0.4, 0.5) is 0 Å². The van der Waals surface area contributed by atoms with E-state index in [-0.39, 0.29) is 5.54 Å². The Balaban J connectivity index is 2.32. The van der Waals surface area contributed by atoms with Crippen LogP contribution in [0, 0.1) is 11.8 Å². The molecule has 0 bridgehead atoms. The van der Waals surface area contributed by atoms with Crippen LogP contribution in [0.15, 0.2) is 0 Å². The summed E-state index contributed by atoms with van der Waals surface area (Å²) in [7, 11) is 0. The molecule has 0 aromatic heterocycles. The molecule has 1 heteroatoms. The number of hydrogen-bond acceptors (Lipinski definition) is 1. The van der Waals surface area contributed by atoms with Crippen LogP contribution in [0.2, 0.25) is 0 Å². The van der Waals surface area contributed by atoms with Gasteiger partial charge in [-0.3, -0.25) is 0 Å². The lowest BCUT2D eigenvalue weighted by atomic mass is 9.85. The summed E-state index contributed by atoms with van der Waals surface area (Å²) < 4.78 is 0. The second-order valence-corrected chi connectivity index (χ2v) is 4.50. The maximum atomic E-state index is 6.20. The van der Waals surface area contributed by atoms with Crippen LogP contribution in [0.3, 0.4) is 0 Å². The van der Waals surface area contributed by atoms with Crippen LogP contribution >= 0.6 is 0 Å². The van der Waals surface area contributed by atoms with E-state index in [0.717, 1.165) is 11.8 Å². The zero-order valence-corrected chi connectivity index (χ0v) is 8.06. The second-order valence-electron chi connectivity index (χ2n) is 4.50. The molecule has 0 aromatic rings. The van der Waals surface area contributed by atoms with Gasteiger partial charge in [0.2, 0.25) is 0 Å². The summed E-state index contributed by atoms with van der Waals surface area (Å²) in [5, 5.41) is 0. The fourth-order valence-electron chi connectivity index (χ4n) is 1.80. The van der Waals surface area contributed by atoms with Gasteiger partial charge in [-0.25, -0.2) is 0 Å². The molecule has 0 heterocycles. The van der Waals surface area contributed by atoms with Crippen molar-refractivity contribution in [2.45, 2.75) is 52.0 Å². The Morgan fingerprint density at radius 3 is 2.45 bits per heavy atom. The van der Waals surface area contributed by atoms with Crippen LogP contribution in [-0.2, 0) is 0 Å². The predicted octanol–water partition coefficient (Wildman–Crippen LogP) is 2.55. The molecule has 66 valence electrons. The normalized spacial score (nSPS) is 26.2. The maximum absolute atomic E-state index is 6.20. The van der Waals surface area contributed by atoms with E-state index in [4.69, 9.17) is 5.73 Å². The maximum Gasteiger partial charge on any atom is 0.0156 e. The molecule has 0 radical (unpaired) electrons. The Morgan fingerprint density at radius 1 is 1.55 bits per heavy atom. The molecule has 0 saturated heterocycles. The average molecular weight is 155 g/mol. The van der Waals surface area contributed by atoms with Crippen molar-refractivity contribution < 1.29 is 0 Å². The Hall–Kier alpha value is -0.0400. The molecular formula is C10H21N. The van der Waals surface area contributed by atoms with Crippen LogP contribution in [-0.4, -0.2) is 5.54 Å². The highest BCUT2D eigenvalue weighted by atomic mass is 14.8. The molecule has 1 nitrogen and oxygen atoms in total. The van der Waals surface area contributed by atoms with E-state index in [1.807, 2.05) is 0 Å². The van der Waals surface area contributed by atoms with E-state index in [1.165, 1.54) is 25.7 Å². The van der Waals surface area contributed by atoms with Crippen molar-refractivity contribution >= 4 is 0 Å². The van der Waals surface area contributed by atoms with Crippen molar-refractivity contribution in [3.8, 4) is 0 Å². The van der Waals surface area contributed by atoms with Gasteiger partial charge < -0.3 is 5.73 Å². The van der Waals surface area contributed by atoms with Crippen molar-refractivity contribution in [1.29, 1.82) is 0 Å². The molecule has 2 atom stereocenters. The van der Waals surface area contributed by atoms with Crippen molar-refractivity contribution in [3.05, 3.63) is 0 Å². The van der Waals surface area contributed by atoms with Crippen molar-refractivity contribution in [1.82, 2.24) is 0 Å². The van der Waals surface area contributed by atoms with Gasteiger partial charge in [-0.2, -0.15) is 0 Å². The zero-order chi connectivity index (χ0) is 8.48. The van der Waals surface area contributed by atoms with E-state index in [1.54, 1.807) is 0 Å². The SMILES string of the molecule is CCC(C)CC(C)(N)C1CC1. The van der Waals surface area contributed by atoms with Gasteiger partial charge in [0, 0.05) is 5.54 Å². The Bertz CT molecular complexity index is 125. The van der Waals surface area contributed by atoms with Crippen LogP contribution in [0.5, 0.6) is 0 Å². The van der Waals surface area contributed by atoms with E-state index >= 15 is 0 Å². The van der Waals surface area contributed by atoms with Crippen molar-refractivity contribution in [2.24, 2.45) is 17.6 Å². The van der Waals surface area contributed by atoms with Gasteiger partial charge in [-0.1, -0.05) is 20.3 Å². The third kappa shape index (κ3) is 2.48. The summed E-state index contributed by atoms with van der Waals surface area (Å²) in [6.07, 6.45) is 5.19. The lowest BCUT2D eigenvalue weighted by molar-refractivity contribution is 0.312. The first-order valence-electron chi connectivity index (χ1n) is 4.85. The first kappa shape index (κ1) is 9.05. The van der Waals surface area contributed by atoms with Gasteiger partial charge in [-0.15, -0.1) is 0 Å². The molecule has 1 fully saturated rings. The molecule has 0 amide bonds. The van der Waals surface area contributed by atoms with Gasteiger partial charge in [0.25, 0.3) is 0 Å². The summed E-state index contributed by atoms with van der Waals surface area (Å²) in [4.78, 5) is 0. The molecule has 0 spiro atoms. The smallest absolute Gasteiger partial charge is 0.0156 e. The van der Waals surface area contributed by atoms with E-state index < -0.39 is 0 Å². The van der Waals surface area contributed by atoms with Crippen LogP contribution < -0.4 is 5.73 Å². The largest absolute Gasteiger partial charge is 0.325 e. The van der Waals surface area contributed by atoms with E-state index in [0.29, 0.717) is 0 Å². The first-order chi connectivity index (χ1) is 5.06.